The maximum absolute atomic E-state index is 12.9. The summed E-state index contributed by atoms with van der Waals surface area (Å²) < 4.78 is 39.6. The fourth-order valence-corrected chi connectivity index (χ4v) is 5.28. The second-order valence-corrected chi connectivity index (χ2v) is 9.62. The van der Waals surface area contributed by atoms with Crippen LogP contribution in [-0.2, 0) is 10.0 Å². The molecule has 1 saturated heterocycles. The predicted octanol–water partition coefficient (Wildman–Crippen LogP) is 1.79. The summed E-state index contributed by atoms with van der Waals surface area (Å²) in [6.45, 7) is 5.03. The first-order chi connectivity index (χ1) is 13.5. The maximum Gasteiger partial charge on any atom is 0.240 e. The number of nitrogens with zero attached hydrogens (tertiary/aromatic N) is 2. The third kappa shape index (κ3) is 4.33. The lowest BCUT2D eigenvalue weighted by atomic mass is 10.1. The van der Waals surface area contributed by atoms with E-state index in [2.05, 4.69) is 33.0 Å². The first kappa shape index (κ1) is 19.7. The molecule has 1 aromatic carbocycles. The number of hydrogen-bond acceptors (Lipinski definition) is 7. The van der Waals surface area contributed by atoms with Crippen molar-refractivity contribution in [3.05, 3.63) is 40.6 Å². The summed E-state index contributed by atoms with van der Waals surface area (Å²) in [5.41, 5.74) is 1.15. The van der Waals surface area contributed by atoms with Crippen molar-refractivity contribution in [3.8, 4) is 11.5 Å². The number of fused-ring (bicyclic) bond motifs is 1. The molecule has 1 N–H and O–H groups in total. The molecular formula is C19H25N3O4S2. The summed E-state index contributed by atoms with van der Waals surface area (Å²) in [7, 11) is -1.54. The Labute approximate surface area is 169 Å². The molecule has 1 atom stereocenters. The largest absolute Gasteiger partial charge is 0.486 e. The van der Waals surface area contributed by atoms with Gasteiger partial charge in [0.1, 0.15) is 13.2 Å². The highest BCUT2D eigenvalue weighted by atomic mass is 32.2. The molecule has 3 heterocycles. The highest BCUT2D eigenvalue weighted by molar-refractivity contribution is 7.89. The number of ether oxygens (including phenoxy) is 2. The third-order valence-electron chi connectivity index (χ3n) is 5.20. The molecule has 0 spiro atoms. The second kappa shape index (κ2) is 8.38. The molecule has 28 heavy (non-hydrogen) atoms. The number of nitrogens with one attached hydrogen (secondary N) is 1. The number of thiophene rings is 1. The van der Waals surface area contributed by atoms with Gasteiger partial charge in [0.05, 0.1) is 4.90 Å². The zero-order valence-electron chi connectivity index (χ0n) is 15.8. The van der Waals surface area contributed by atoms with Crippen LogP contribution in [0.4, 0.5) is 0 Å². The van der Waals surface area contributed by atoms with Crippen molar-refractivity contribution in [1.29, 1.82) is 0 Å². The fourth-order valence-electron chi connectivity index (χ4n) is 3.52. The molecule has 1 unspecified atom stereocenters. The molecule has 2 aliphatic rings. The van der Waals surface area contributed by atoms with Crippen LogP contribution in [0.15, 0.2) is 39.9 Å². The molecule has 9 heteroatoms. The number of benzene rings is 1. The lowest BCUT2D eigenvalue weighted by Gasteiger charge is -2.37. The van der Waals surface area contributed by atoms with Gasteiger partial charge in [-0.15, -0.1) is 0 Å². The van der Waals surface area contributed by atoms with Gasteiger partial charge in [-0.3, -0.25) is 4.90 Å². The smallest absolute Gasteiger partial charge is 0.240 e. The third-order valence-corrected chi connectivity index (χ3v) is 7.32. The first-order valence-corrected chi connectivity index (χ1v) is 11.8. The van der Waals surface area contributed by atoms with E-state index in [4.69, 9.17) is 9.47 Å². The average Bonchev–Trinajstić information content (AvgIpc) is 3.23. The molecule has 0 aliphatic carbocycles. The second-order valence-electron chi connectivity index (χ2n) is 7.07. The molecule has 0 bridgehead atoms. The lowest BCUT2D eigenvalue weighted by Crippen LogP contribution is -2.48. The molecule has 0 radical (unpaired) electrons. The van der Waals surface area contributed by atoms with Gasteiger partial charge < -0.3 is 14.4 Å². The van der Waals surface area contributed by atoms with E-state index in [1.54, 1.807) is 23.5 Å². The quantitative estimate of drug-likeness (QED) is 0.764. The van der Waals surface area contributed by atoms with Gasteiger partial charge in [-0.25, -0.2) is 13.1 Å². The van der Waals surface area contributed by atoms with E-state index < -0.39 is 10.0 Å². The van der Waals surface area contributed by atoms with Gasteiger partial charge in [-0.1, -0.05) is 0 Å². The Bertz CT molecular complexity index is 894. The number of likely N-dealkylation sites (N-methyl/N-ethyl adjacent to an activating group) is 1. The molecular weight excluding hydrogens is 398 g/mol. The lowest BCUT2D eigenvalue weighted by molar-refractivity contribution is 0.113. The maximum atomic E-state index is 12.9. The minimum Gasteiger partial charge on any atom is -0.486 e. The number of sulfonamides is 1. The Balaban J connectivity index is 1.50. The highest BCUT2D eigenvalue weighted by Gasteiger charge is 2.27. The average molecular weight is 424 g/mol. The minimum absolute atomic E-state index is 0.0203. The Kier molecular flexibility index (Phi) is 5.88. The van der Waals surface area contributed by atoms with E-state index in [1.807, 2.05) is 5.38 Å². The SMILES string of the molecule is CN1CCN(C(CNS(=O)(=O)c2ccc3c(c2)OCCO3)c2ccsc2)CC1. The highest BCUT2D eigenvalue weighted by Crippen LogP contribution is 2.32. The summed E-state index contributed by atoms with van der Waals surface area (Å²) in [6, 6.07) is 6.84. The van der Waals surface area contributed by atoms with E-state index in [9.17, 15) is 8.42 Å². The predicted molar refractivity (Wildman–Crippen MR) is 109 cm³/mol. The van der Waals surface area contributed by atoms with E-state index in [0.717, 1.165) is 31.7 Å². The van der Waals surface area contributed by atoms with Gasteiger partial charge in [0, 0.05) is 44.8 Å². The van der Waals surface area contributed by atoms with Crippen LogP contribution < -0.4 is 14.2 Å². The first-order valence-electron chi connectivity index (χ1n) is 9.37. The molecule has 152 valence electrons. The summed E-state index contributed by atoms with van der Waals surface area (Å²) >= 11 is 1.63. The summed E-state index contributed by atoms with van der Waals surface area (Å²) in [6.07, 6.45) is 0. The molecule has 0 saturated carbocycles. The van der Waals surface area contributed by atoms with Crippen molar-refractivity contribution in [2.75, 3.05) is 53.0 Å². The summed E-state index contributed by atoms with van der Waals surface area (Å²) in [4.78, 5) is 4.84. The molecule has 0 amide bonds. The van der Waals surface area contributed by atoms with Crippen molar-refractivity contribution in [3.63, 3.8) is 0 Å². The van der Waals surface area contributed by atoms with Crippen LogP contribution in [0.1, 0.15) is 11.6 Å². The molecule has 2 aliphatic heterocycles. The van der Waals surface area contributed by atoms with Crippen LogP contribution >= 0.6 is 11.3 Å². The standard InChI is InChI=1S/C19H25N3O4S2/c1-21-5-7-22(8-6-21)17(15-4-11-27-14-15)13-20-28(23,24)16-2-3-18-19(12-16)26-10-9-25-18/h2-4,11-12,14,17,20H,5-10,13H2,1H3. The van der Waals surface area contributed by atoms with Gasteiger partial charge in [0.25, 0.3) is 0 Å². The van der Waals surface area contributed by atoms with Gasteiger partial charge in [-0.2, -0.15) is 11.3 Å². The van der Waals surface area contributed by atoms with Crippen LogP contribution in [0.3, 0.4) is 0 Å². The number of rotatable bonds is 6. The van der Waals surface area contributed by atoms with Crippen LogP contribution in [-0.4, -0.2) is 71.2 Å². The molecule has 1 fully saturated rings. The molecule has 7 nitrogen and oxygen atoms in total. The van der Waals surface area contributed by atoms with Crippen LogP contribution in [0.5, 0.6) is 11.5 Å². The van der Waals surface area contributed by atoms with Gasteiger partial charge in [0.2, 0.25) is 10.0 Å². The minimum atomic E-state index is -3.65. The molecule has 2 aromatic rings. The van der Waals surface area contributed by atoms with Crippen molar-refractivity contribution < 1.29 is 17.9 Å². The van der Waals surface area contributed by atoms with Crippen LogP contribution in [0.2, 0.25) is 0 Å². The topological polar surface area (TPSA) is 71.1 Å². The van der Waals surface area contributed by atoms with Crippen molar-refractivity contribution in [2.45, 2.75) is 10.9 Å². The Morgan fingerprint density at radius 2 is 1.86 bits per heavy atom. The van der Waals surface area contributed by atoms with Crippen molar-refractivity contribution in [1.82, 2.24) is 14.5 Å². The van der Waals surface area contributed by atoms with Crippen molar-refractivity contribution >= 4 is 21.4 Å². The number of hydrogen-bond donors (Lipinski definition) is 1. The fraction of sp³-hybridized carbons (Fsp3) is 0.474. The van der Waals surface area contributed by atoms with Crippen LogP contribution in [0.25, 0.3) is 0 Å². The van der Waals surface area contributed by atoms with E-state index >= 15 is 0 Å². The summed E-state index contributed by atoms with van der Waals surface area (Å²) in [5, 5.41) is 4.13. The zero-order chi connectivity index (χ0) is 19.6. The van der Waals surface area contributed by atoms with Crippen molar-refractivity contribution in [2.24, 2.45) is 0 Å². The summed E-state index contributed by atoms with van der Waals surface area (Å²) in [5.74, 6) is 1.06. The zero-order valence-corrected chi connectivity index (χ0v) is 17.5. The normalized spacial score (nSPS) is 19.5. The Morgan fingerprint density at radius 1 is 1.11 bits per heavy atom. The monoisotopic (exact) mass is 423 g/mol. The van der Waals surface area contributed by atoms with E-state index in [1.165, 1.54) is 6.07 Å². The van der Waals surface area contributed by atoms with Gasteiger partial charge in [-0.05, 0) is 41.6 Å². The van der Waals surface area contributed by atoms with E-state index in [-0.39, 0.29) is 10.9 Å². The Hall–Kier alpha value is -1.65. The molecule has 4 rings (SSSR count). The van der Waals surface area contributed by atoms with Gasteiger partial charge >= 0.3 is 0 Å². The molecule has 1 aromatic heterocycles. The van der Waals surface area contributed by atoms with E-state index in [0.29, 0.717) is 31.3 Å². The van der Waals surface area contributed by atoms with Gasteiger partial charge in [0.15, 0.2) is 11.5 Å². The number of piperazine rings is 1. The van der Waals surface area contributed by atoms with Crippen LogP contribution in [0, 0.1) is 0 Å². The Morgan fingerprint density at radius 3 is 2.57 bits per heavy atom.